The van der Waals surface area contributed by atoms with Crippen molar-refractivity contribution in [1.29, 1.82) is 0 Å². The Bertz CT molecular complexity index is 355. The van der Waals surface area contributed by atoms with E-state index in [2.05, 4.69) is 74.7 Å². The summed E-state index contributed by atoms with van der Waals surface area (Å²) in [6.07, 6.45) is 3.42. The molecule has 20 heavy (non-hydrogen) atoms. The van der Waals surface area contributed by atoms with Gasteiger partial charge < -0.3 is 10.2 Å². The van der Waals surface area contributed by atoms with Crippen molar-refractivity contribution in [3.05, 3.63) is 35.9 Å². The van der Waals surface area contributed by atoms with Gasteiger partial charge in [-0.2, -0.15) is 11.8 Å². The summed E-state index contributed by atoms with van der Waals surface area (Å²) in [5.74, 6) is 1.80. The molecule has 0 radical (unpaired) electrons. The Kier molecular flexibility index (Phi) is 8.27. The topological polar surface area (TPSA) is 15.3 Å². The second kappa shape index (κ2) is 9.43. The van der Waals surface area contributed by atoms with Gasteiger partial charge in [-0.3, -0.25) is 0 Å². The Morgan fingerprint density at radius 2 is 1.90 bits per heavy atom. The summed E-state index contributed by atoms with van der Waals surface area (Å²) in [5.41, 5.74) is 1.38. The molecular weight excluding hydrogens is 264 g/mol. The minimum atomic E-state index is 0.422. The van der Waals surface area contributed by atoms with Crippen LogP contribution in [0.5, 0.6) is 0 Å². The molecule has 0 heterocycles. The molecule has 0 aliphatic heterocycles. The van der Waals surface area contributed by atoms with Crippen molar-refractivity contribution < 1.29 is 0 Å². The molecule has 3 atom stereocenters. The fraction of sp³-hybridized carbons (Fsp3) is 0.647. The van der Waals surface area contributed by atoms with Crippen molar-refractivity contribution in [1.82, 2.24) is 10.2 Å². The van der Waals surface area contributed by atoms with Crippen molar-refractivity contribution in [2.24, 2.45) is 5.92 Å². The lowest BCUT2D eigenvalue weighted by Crippen LogP contribution is -2.39. The van der Waals surface area contributed by atoms with Gasteiger partial charge in [0.25, 0.3) is 0 Å². The maximum Gasteiger partial charge on any atom is 0.0355 e. The van der Waals surface area contributed by atoms with E-state index in [1.807, 2.05) is 11.8 Å². The van der Waals surface area contributed by atoms with Crippen molar-refractivity contribution >= 4 is 11.8 Å². The summed E-state index contributed by atoms with van der Waals surface area (Å²) in [4.78, 5) is 2.52. The highest BCUT2D eigenvalue weighted by atomic mass is 32.2. The average molecular weight is 295 g/mol. The summed E-state index contributed by atoms with van der Waals surface area (Å²) in [7, 11) is 4.33. The highest BCUT2D eigenvalue weighted by molar-refractivity contribution is 7.98. The van der Waals surface area contributed by atoms with Crippen molar-refractivity contribution in [2.45, 2.75) is 32.4 Å². The molecule has 0 amide bonds. The number of rotatable bonds is 9. The second-order valence-electron chi connectivity index (χ2n) is 5.61. The largest absolute Gasteiger partial charge is 0.313 e. The van der Waals surface area contributed by atoms with Crippen molar-refractivity contribution in [2.75, 3.05) is 32.6 Å². The normalized spacial score (nSPS) is 16.1. The third kappa shape index (κ3) is 5.12. The zero-order chi connectivity index (χ0) is 15.0. The van der Waals surface area contributed by atoms with Gasteiger partial charge in [-0.1, -0.05) is 44.2 Å². The summed E-state index contributed by atoms with van der Waals surface area (Å²) in [6, 6.07) is 11.9. The lowest BCUT2D eigenvalue weighted by molar-refractivity contribution is 0.202. The molecule has 0 fully saturated rings. The molecule has 0 aliphatic rings. The van der Waals surface area contributed by atoms with E-state index in [0.29, 0.717) is 18.0 Å². The van der Waals surface area contributed by atoms with Crippen LogP contribution in [0.4, 0.5) is 0 Å². The number of hydrogen-bond acceptors (Lipinski definition) is 3. The minimum Gasteiger partial charge on any atom is -0.313 e. The van der Waals surface area contributed by atoms with Crippen LogP contribution >= 0.6 is 11.8 Å². The molecule has 0 aliphatic carbocycles. The van der Waals surface area contributed by atoms with Crippen molar-refractivity contribution in [3.63, 3.8) is 0 Å². The van der Waals surface area contributed by atoms with E-state index in [9.17, 15) is 0 Å². The smallest absolute Gasteiger partial charge is 0.0355 e. The molecule has 3 heteroatoms. The zero-order valence-electron chi connectivity index (χ0n) is 13.6. The molecule has 0 bridgehead atoms. The van der Waals surface area contributed by atoms with Crippen LogP contribution in [0.3, 0.4) is 0 Å². The summed E-state index contributed by atoms with van der Waals surface area (Å²) < 4.78 is 0. The first-order valence-corrected chi connectivity index (χ1v) is 8.94. The fourth-order valence-corrected chi connectivity index (χ4v) is 3.77. The van der Waals surface area contributed by atoms with E-state index in [1.54, 1.807) is 0 Å². The van der Waals surface area contributed by atoms with Gasteiger partial charge in [-0.25, -0.2) is 0 Å². The van der Waals surface area contributed by atoms with E-state index in [0.717, 1.165) is 6.54 Å². The predicted molar refractivity (Wildman–Crippen MR) is 92.5 cm³/mol. The van der Waals surface area contributed by atoms with Gasteiger partial charge in [-0.05, 0) is 38.3 Å². The number of thioether (sulfide) groups is 1. The third-order valence-corrected chi connectivity index (χ3v) is 4.79. The number of nitrogens with zero attached hydrogens (tertiary/aromatic N) is 1. The predicted octanol–water partition coefficient (Wildman–Crippen LogP) is 3.66. The summed E-state index contributed by atoms with van der Waals surface area (Å²) in [6.45, 7) is 5.75. The average Bonchev–Trinajstić information content (AvgIpc) is 2.46. The first-order chi connectivity index (χ1) is 9.63. The Labute approximate surface area is 129 Å². The molecule has 0 saturated heterocycles. The van der Waals surface area contributed by atoms with Crippen LogP contribution in [0, 0.1) is 5.92 Å². The molecular formula is C17H30N2S. The van der Waals surface area contributed by atoms with Gasteiger partial charge in [0.1, 0.15) is 0 Å². The highest BCUT2D eigenvalue weighted by Gasteiger charge is 2.21. The molecule has 1 N–H and O–H groups in total. The first-order valence-electron chi connectivity index (χ1n) is 7.55. The number of nitrogens with one attached hydrogen (secondary N) is 1. The van der Waals surface area contributed by atoms with Crippen LogP contribution in [0.15, 0.2) is 30.3 Å². The molecule has 0 aromatic heterocycles. The van der Waals surface area contributed by atoms with Crippen LogP contribution in [0.25, 0.3) is 0 Å². The molecule has 2 nitrogen and oxygen atoms in total. The Morgan fingerprint density at radius 3 is 2.40 bits per heavy atom. The quantitative estimate of drug-likeness (QED) is 0.748. The highest BCUT2D eigenvalue weighted by Crippen LogP contribution is 2.23. The molecule has 0 saturated carbocycles. The SMILES string of the molecule is CCC(CSC)N(C)CC(C)C(NC)c1ccccc1. The Morgan fingerprint density at radius 1 is 1.25 bits per heavy atom. The Balaban J connectivity index is 2.65. The van der Waals surface area contributed by atoms with Crippen LogP contribution in [0.2, 0.25) is 0 Å². The monoisotopic (exact) mass is 294 g/mol. The van der Waals surface area contributed by atoms with Gasteiger partial charge in [0.05, 0.1) is 0 Å². The standard InChI is InChI=1S/C17H30N2S/c1-6-16(13-20-5)19(4)12-14(2)17(18-3)15-10-8-7-9-11-15/h7-11,14,16-18H,6,12-13H2,1-5H3. The fourth-order valence-electron chi connectivity index (χ4n) is 2.90. The molecule has 114 valence electrons. The Hall–Kier alpha value is -0.510. The lowest BCUT2D eigenvalue weighted by atomic mass is 9.94. The van der Waals surface area contributed by atoms with Crippen LogP contribution < -0.4 is 5.32 Å². The zero-order valence-corrected chi connectivity index (χ0v) is 14.4. The first kappa shape index (κ1) is 17.5. The molecule has 0 spiro atoms. The van der Waals surface area contributed by atoms with Gasteiger partial charge in [0.15, 0.2) is 0 Å². The maximum absolute atomic E-state index is 3.48. The molecule has 1 aromatic rings. The van der Waals surface area contributed by atoms with Crippen molar-refractivity contribution in [3.8, 4) is 0 Å². The minimum absolute atomic E-state index is 0.422. The van der Waals surface area contributed by atoms with Crippen LogP contribution in [-0.2, 0) is 0 Å². The van der Waals surface area contributed by atoms with E-state index in [-0.39, 0.29) is 0 Å². The van der Waals surface area contributed by atoms with Crippen LogP contribution in [0.1, 0.15) is 31.9 Å². The van der Waals surface area contributed by atoms with E-state index in [1.165, 1.54) is 17.7 Å². The number of hydrogen-bond donors (Lipinski definition) is 1. The van der Waals surface area contributed by atoms with Gasteiger partial charge >= 0.3 is 0 Å². The van der Waals surface area contributed by atoms with Crippen LogP contribution in [-0.4, -0.2) is 43.6 Å². The molecule has 1 aromatic carbocycles. The summed E-state index contributed by atoms with van der Waals surface area (Å²) in [5, 5.41) is 3.48. The maximum atomic E-state index is 3.48. The number of benzene rings is 1. The molecule has 3 unspecified atom stereocenters. The second-order valence-corrected chi connectivity index (χ2v) is 6.52. The van der Waals surface area contributed by atoms with Gasteiger partial charge in [0.2, 0.25) is 0 Å². The third-order valence-electron chi connectivity index (χ3n) is 4.07. The lowest BCUT2D eigenvalue weighted by Gasteiger charge is -2.32. The van der Waals surface area contributed by atoms with Gasteiger partial charge in [0, 0.05) is 24.4 Å². The van der Waals surface area contributed by atoms with Gasteiger partial charge in [-0.15, -0.1) is 0 Å². The van der Waals surface area contributed by atoms with E-state index >= 15 is 0 Å². The summed E-state index contributed by atoms with van der Waals surface area (Å²) >= 11 is 1.94. The van der Waals surface area contributed by atoms with E-state index in [4.69, 9.17) is 0 Å². The van der Waals surface area contributed by atoms with E-state index < -0.39 is 0 Å². The molecule has 1 rings (SSSR count).